The van der Waals surface area contributed by atoms with Crippen molar-refractivity contribution >= 4 is 15.9 Å². The van der Waals surface area contributed by atoms with Gasteiger partial charge in [-0.15, -0.1) is 0 Å². The quantitative estimate of drug-likeness (QED) is 0.814. The Kier molecular flexibility index (Phi) is 6.96. The van der Waals surface area contributed by atoms with E-state index in [0.29, 0.717) is 6.04 Å². The molecule has 0 bridgehead atoms. The van der Waals surface area contributed by atoms with E-state index in [1.54, 1.807) is 0 Å². The second kappa shape index (κ2) is 8.73. The zero-order valence-electron chi connectivity index (χ0n) is 12.9. The Morgan fingerprint density at radius 1 is 1.33 bits per heavy atom. The number of rotatable bonds is 7. The summed E-state index contributed by atoms with van der Waals surface area (Å²) >= 11 is 3.53. The van der Waals surface area contributed by atoms with E-state index in [9.17, 15) is 0 Å². The third-order valence-corrected chi connectivity index (χ3v) is 3.99. The van der Waals surface area contributed by atoms with Crippen LogP contribution in [0.3, 0.4) is 0 Å². The monoisotopic (exact) mass is 356 g/mol. The second-order valence-electron chi connectivity index (χ2n) is 5.59. The standard InChI is InChI=1S/C16H25BrN2O2/c1-13(2)18-12-14-11-15(17)3-4-16(14)21-10-7-19-5-8-20-9-6-19/h3-4,11,13,18H,5-10,12H2,1-2H3. The zero-order chi connectivity index (χ0) is 15.1. The first-order valence-corrected chi connectivity index (χ1v) is 8.39. The maximum Gasteiger partial charge on any atom is 0.123 e. The Bertz CT molecular complexity index is 434. The first-order valence-electron chi connectivity index (χ1n) is 7.60. The smallest absolute Gasteiger partial charge is 0.123 e. The summed E-state index contributed by atoms with van der Waals surface area (Å²) in [7, 11) is 0. The summed E-state index contributed by atoms with van der Waals surface area (Å²) in [6, 6.07) is 6.66. The van der Waals surface area contributed by atoms with Crippen LogP contribution in [0.15, 0.2) is 22.7 Å². The van der Waals surface area contributed by atoms with E-state index in [4.69, 9.17) is 9.47 Å². The molecule has 2 rings (SSSR count). The predicted octanol–water partition coefficient (Wildman–Crippen LogP) is 2.66. The van der Waals surface area contributed by atoms with Crippen molar-refractivity contribution < 1.29 is 9.47 Å². The van der Waals surface area contributed by atoms with Crippen LogP contribution in [0.1, 0.15) is 19.4 Å². The molecule has 1 saturated heterocycles. The van der Waals surface area contributed by atoms with Gasteiger partial charge in [-0.05, 0) is 18.2 Å². The van der Waals surface area contributed by atoms with Gasteiger partial charge in [0.25, 0.3) is 0 Å². The third-order valence-electron chi connectivity index (χ3n) is 3.49. The minimum absolute atomic E-state index is 0.463. The van der Waals surface area contributed by atoms with Gasteiger partial charge >= 0.3 is 0 Å². The molecule has 21 heavy (non-hydrogen) atoms. The fraction of sp³-hybridized carbons (Fsp3) is 0.625. The van der Waals surface area contributed by atoms with Gasteiger partial charge in [-0.25, -0.2) is 0 Å². The number of halogens is 1. The summed E-state index contributed by atoms with van der Waals surface area (Å²) in [6.07, 6.45) is 0. The number of ether oxygens (including phenoxy) is 2. The summed E-state index contributed by atoms with van der Waals surface area (Å²) in [5.41, 5.74) is 1.19. The van der Waals surface area contributed by atoms with Crippen LogP contribution in [0.2, 0.25) is 0 Å². The third kappa shape index (κ3) is 5.94. The molecule has 0 spiro atoms. The van der Waals surface area contributed by atoms with E-state index >= 15 is 0 Å². The normalized spacial score (nSPS) is 16.4. The fourth-order valence-corrected chi connectivity index (χ4v) is 2.66. The lowest BCUT2D eigenvalue weighted by Crippen LogP contribution is -2.38. The van der Waals surface area contributed by atoms with E-state index in [1.807, 2.05) is 12.1 Å². The molecule has 1 heterocycles. The van der Waals surface area contributed by atoms with Gasteiger partial charge in [-0.3, -0.25) is 4.90 Å². The highest BCUT2D eigenvalue weighted by Crippen LogP contribution is 2.23. The Morgan fingerprint density at radius 2 is 2.10 bits per heavy atom. The molecule has 118 valence electrons. The van der Waals surface area contributed by atoms with Gasteiger partial charge in [0.15, 0.2) is 0 Å². The summed E-state index contributed by atoms with van der Waals surface area (Å²) in [5, 5.41) is 3.44. The minimum Gasteiger partial charge on any atom is -0.492 e. The van der Waals surface area contributed by atoms with Gasteiger partial charge in [-0.2, -0.15) is 0 Å². The maximum atomic E-state index is 5.98. The average molecular weight is 357 g/mol. The van der Waals surface area contributed by atoms with Crippen LogP contribution in [0.25, 0.3) is 0 Å². The molecular formula is C16H25BrN2O2. The van der Waals surface area contributed by atoms with Crippen LogP contribution in [0.4, 0.5) is 0 Å². The van der Waals surface area contributed by atoms with Gasteiger partial charge in [0.1, 0.15) is 12.4 Å². The van der Waals surface area contributed by atoms with Gasteiger partial charge < -0.3 is 14.8 Å². The van der Waals surface area contributed by atoms with Crippen LogP contribution in [-0.2, 0) is 11.3 Å². The highest BCUT2D eigenvalue weighted by molar-refractivity contribution is 9.10. The molecule has 0 amide bonds. The topological polar surface area (TPSA) is 33.7 Å². The first-order chi connectivity index (χ1) is 10.1. The van der Waals surface area contributed by atoms with Crippen molar-refractivity contribution in [2.75, 3.05) is 39.5 Å². The van der Waals surface area contributed by atoms with Gasteiger partial charge in [-0.1, -0.05) is 29.8 Å². The lowest BCUT2D eigenvalue weighted by molar-refractivity contribution is 0.0322. The Morgan fingerprint density at radius 3 is 2.81 bits per heavy atom. The van der Waals surface area contributed by atoms with Crippen molar-refractivity contribution in [1.82, 2.24) is 10.2 Å². The molecule has 5 heteroatoms. The van der Waals surface area contributed by atoms with Crippen LogP contribution in [0.5, 0.6) is 5.75 Å². The minimum atomic E-state index is 0.463. The molecule has 0 saturated carbocycles. The number of nitrogens with zero attached hydrogens (tertiary/aromatic N) is 1. The van der Waals surface area contributed by atoms with Crippen LogP contribution in [-0.4, -0.2) is 50.4 Å². The molecule has 0 radical (unpaired) electrons. The van der Waals surface area contributed by atoms with E-state index in [2.05, 4.69) is 46.1 Å². The predicted molar refractivity (Wildman–Crippen MR) is 88.9 cm³/mol. The van der Waals surface area contributed by atoms with E-state index in [0.717, 1.165) is 56.2 Å². The van der Waals surface area contributed by atoms with E-state index < -0.39 is 0 Å². The van der Waals surface area contributed by atoms with Gasteiger partial charge in [0.05, 0.1) is 13.2 Å². The molecule has 1 aliphatic heterocycles. The molecule has 1 aliphatic rings. The van der Waals surface area contributed by atoms with E-state index in [1.165, 1.54) is 5.56 Å². The molecule has 1 N–H and O–H groups in total. The van der Waals surface area contributed by atoms with Gasteiger partial charge in [0, 0.05) is 42.3 Å². The molecule has 1 aromatic carbocycles. The number of benzene rings is 1. The van der Waals surface area contributed by atoms with Crippen molar-refractivity contribution in [1.29, 1.82) is 0 Å². The summed E-state index contributed by atoms with van der Waals surface area (Å²) in [6.45, 7) is 10.5. The molecule has 1 fully saturated rings. The Labute approximate surface area is 135 Å². The van der Waals surface area contributed by atoms with Crippen molar-refractivity contribution in [3.8, 4) is 5.75 Å². The largest absolute Gasteiger partial charge is 0.492 e. The Balaban J connectivity index is 1.85. The maximum absolute atomic E-state index is 5.98. The lowest BCUT2D eigenvalue weighted by Gasteiger charge is -2.26. The Hall–Kier alpha value is -0.620. The van der Waals surface area contributed by atoms with Crippen molar-refractivity contribution in [2.24, 2.45) is 0 Å². The SMILES string of the molecule is CC(C)NCc1cc(Br)ccc1OCCN1CCOCC1. The number of hydrogen-bond donors (Lipinski definition) is 1. The second-order valence-corrected chi connectivity index (χ2v) is 6.51. The van der Waals surface area contributed by atoms with Crippen LogP contribution >= 0.6 is 15.9 Å². The van der Waals surface area contributed by atoms with E-state index in [-0.39, 0.29) is 0 Å². The lowest BCUT2D eigenvalue weighted by atomic mass is 10.2. The summed E-state index contributed by atoms with van der Waals surface area (Å²) in [4.78, 5) is 2.38. The molecule has 4 nitrogen and oxygen atoms in total. The molecule has 0 aliphatic carbocycles. The van der Waals surface area contributed by atoms with Crippen LogP contribution < -0.4 is 10.1 Å². The van der Waals surface area contributed by atoms with Gasteiger partial charge in [0.2, 0.25) is 0 Å². The molecular weight excluding hydrogens is 332 g/mol. The molecule has 0 aromatic heterocycles. The summed E-state index contributed by atoms with van der Waals surface area (Å²) in [5.74, 6) is 0.972. The molecule has 0 atom stereocenters. The van der Waals surface area contributed by atoms with Crippen molar-refractivity contribution in [3.63, 3.8) is 0 Å². The molecule has 0 unspecified atom stereocenters. The van der Waals surface area contributed by atoms with Crippen molar-refractivity contribution in [2.45, 2.75) is 26.4 Å². The number of morpholine rings is 1. The van der Waals surface area contributed by atoms with Crippen LogP contribution in [0, 0.1) is 0 Å². The van der Waals surface area contributed by atoms with Crippen molar-refractivity contribution in [3.05, 3.63) is 28.2 Å². The number of hydrogen-bond acceptors (Lipinski definition) is 4. The zero-order valence-corrected chi connectivity index (χ0v) is 14.5. The number of nitrogens with one attached hydrogen (secondary N) is 1. The average Bonchev–Trinajstić information content (AvgIpc) is 2.48. The first kappa shape index (κ1) is 16.7. The molecule has 1 aromatic rings. The highest BCUT2D eigenvalue weighted by Gasteiger charge is 2.11. The fourth-order valence-electron chi connectivity index (χ4n) is 2.25. The summed E-state index contributed by atoms with van der Waals surface area (Å²) < 4.78 is 12.4. The highest BCUT2D eigenvalue weighted by atomic mass is 79.9.